The lowest BCUT2D eigenvalue weighted by Gasteiger charge is -2.22. The molecule has 0 unspecified atom stereocenters. The Balaban J connectivity index is 1.71. The molecule has 1 atom stereocenters. The lowest BCUT2D eigenvalue weighted by atomic mass is 10.0. The van der Waals surface area contributed by atoms with Crippen LogP contribution in [0.1, 0.15) is 48.6 Å². The van der Waals surface area contributed by atoms with Crippen LogP contribution in [0.15, 0.2) is 41.0 Å². The SMILES string of the molecule is CCn1c(SCC(=O)Nc2nccs2)nnc1[C@@H](NC(=O)c1ccc(C)cc1)C(C)C. The van der Waals surface area contributed by atoms with Crippen LogP contribution in [0.5, 0.6) is 0 Å². The molecule has 0 fully saturated rings. The van der Waals surface area contributed by atoms with Crippen molar-refractivity contribution in [3.05, 3.63) is 52.8 Å². The Hall–Kier alpha value is -2.72. The minimum atomic E-state index is -0.306. The fourth-order valence-electron chi connectivity index (χ4n) is 2.96. The molecule has 0 saturated carbocycles. The van der Waals surface area contributed by atoms with E-state index in [9.17, 15) is 9.59 Å². The first kappa shape index (κ1) is 23.0. The lowest BCUT2D eigenvalue weighted by molar-refractivity contribution is -0.113. The third-order valence-corrected chi connectivity index (χ3v) is 6.27. The van der Waals surface area contributed by atoms with Crippen LogP contribution in [-0.4, -0.2) is 37.3 Å². The van der Waals surface area contributed by atoms with Crippen LogP contribution >= 0.6 is 23.1 Å². The van der Waals surface area contributed by atoms with E-state index in [0.717, 1.165) is 5.56 Å². The molecule has 2 N–H and O–H groups in total. The second kappa shape index (κ2) is 10.5. The van der Waals surface area contributed by atoms with Gasteiger partial charge in [-0.3, -0.25) is 9.59 Å². The van der Waals surface area contributed by atoms with Gasteiger partial charge in [0, 0.05) is 23.7 Å². The van der Waals surface area contributed by atoms with E-state index < -0.39 is 0 Å². The average Bonchev–Trinajstić information content (AvgIpc) is 3.40. The fourth-order valence-corrected chi connectivity index (χ4v) is 4.32. The van der Waals surface area contributed by atoms with Crippen molar-refractivity contribution in [2.45, 2.75) is 45.4 Å². The third kappa shape index (κ3) is 5.92. The normalized spacial score (nSPS) is 12.0. The zero-order chi connectivity index (χ0) is 22.4. The molecule has 2 amide bonds. The number of carbonyl (C=O) groups is 2. The molecule has 31 heavy (non-hydrogen) atoms. The van der Waals surface area contributed by atoms with Crippen molar-refractivity contribution in [2.75, 3.05) is 11.1 Å². The molecule has 10 heteroatoms. The van der Waals surface area contributed by atoms with Gasteiger partial charge in [0.05, 0.1) is 11.8 Å². The van der Waals surface area contributed by atoms with E-state index in [1.807, 2.05) is 56.5 Å². The molecule has 1 aromatic carbocycles. The van der Waals surface area contributed by atoms with E-state index >= 15 is 0 Å². The second-order valence-corrected chi connectivity index (χ2v) is 9.16. The van der Waals surface area contributed by atoms with E-state index in [1.165, 1.54) is 23.1 Å². The summed E-state index contributed by atoms with van der Waals surface area (Å²) in [5, 5.41) is 17.5. The van der Waals surface area contributed by atoms with E-state index in [4.69, 9.17) is 0 Å². The number of carbonyl (C=O) groups excluding carboxylic acids is 2. The van der Waals surface area contributed by atoms with Gasteiger partial charge in [-0.05, 0) is 31.9 Å². The molecule has 2 aromatic heterocycles. The number of rotatable bonds is 9. The molecule has 0 radical (unpaired) electrons. The Bertz CT molecular complexity index is 1020. The van der Waals surface area contributed by atoms with Gasteiger partial charge < -0.3 is 15.2 Å². The summed E-state index contributed by atoms with van der Waals surface area (Å²) in [5.74, 6) is 0.678. The second-order valence-electron chi connectivity index (χ2n) is 7.32. The highest BCUT2D eigenvalue weighted by molar-refractivity contribution is 7.99. The van der Waals surface area contributed by atoms with Crippen LogP contribution in [0.3, 0.4) is 0 Å². The predicted molar refractivity (Wildman–Crippen MR) is 123 cm³/mol. The number of benzene rings is 1. The van der Waals surface area contributed by atoms with Gasteiger partial charge >= 0.3 is 0 Å². The minimum absolute atomic E-state index is 0.106. The summed E-state index contributed by atoms with van der Waals surface area (Å²) < 4.78 is 1.95. The number of aromatic nitrogens is 4. The van der Waals surface area contributed by atoms with E-state index in [-0.39, 0.29) is 29.5 Å². The molecule has 0 aliphatic carbocycles. The van der Waals surface area contributed by atoms with Gasteiger partial charge in [-0.15, -0.1) is 21.5 Å². The molecule has 0 aliphatic heterocycles. The van der Waals surface area contributed by atoms with Crippen molar-refractivity contribution in [3.63, 3.8) is 0 Å². The van der Waals surface area contributed by atoms with Crippen molar-refractivity contribution < 1.29 is 9.59 Å². The summed E-state index contributed by atoms with van der Waals surface area (Å²) in [6.45, 7) is 8.67. The number of nitrogens with zero attached hydrogens (tertiary/aromatic N) is 4. The Morgan fingerprint density at radius 2 is 1.94 bits per heavy atom. The molecule has 0 saturated heterocycles. The number of hydrogen-bond donors (Lipinski definition) is 2. The molecular weight excluding hydrogens is 432 g/mol. The van der Waals surface area contributed by atoms with Gasteiger partial charge in [-0.25, -0.2) is 4.98 Å². The molecule has 3 rings (SSSR count). The molecular formula is C21H26N6O2S2. The Morgan fingerprint density at radius 1 is 1.19 bits per heavy atom. The van der Waals surface area contributed by atoms with Crippen molar-refractivity contribution in [2.24, 2.45) is 5.92 Å². The lowest BCUT2D eigenvalue weighted by Crippen LogP contribution is -2.33. The van der Waals surface area contributed by atoms with Gasteiger partial charge in [0.15, 0.2) is 16.1 Å². The smallest absolute Gasteiger partial charge is 0.251 e. The van der Waals surface area contributed by atoms with Gasteiger partial charge in [0.2, 0.25) is 5.91 Å². The van der Waals surface area contributed by atoms with Crippen molar-refractivity contribution in [1.29, 1.82) is 0 Å². The van der Waals surface area contributed by atoms with Crippen LogP contribution < -0.4 is 10.6 Å². The summed E-state index contributed by atoms with van der Waals surface area (Å²) in [4.78, 5) is 29.0. The maximum atomic E-state index is 12.8. The zero-order valence-electron chi connectivity index (χ0n) is 18.0. The Kier molecular flexibility index (Phi) is 7.80. The van der Waals surface area contributed by atoms with E-state index in [0.29, 0.717) is 28.2 Å². The maximum absolute atomic E-state index is 12.8. The van der Waals surface area contributed by atoms with Crippen molar-refractivity contribution in [3.8, 4) is 0 Å². The maximum Gasteiger partial charge on any atom is 0.251 e. The summed E-state index contributed by atoms with van der Waals surface area (Å²) in [5.41, 5.74) is 1.70. The molecule has 0 aliphatic rings. The number of amides is 2. The van der Waals surface area contributed by atoms with Crippen LogP contribution in [0.4, 0.5) is 5.13 Å². The first-order valence-electron chi connectivity index (χ1n) is 10.0. The summed E-state index contributed by atoms with van der Waals surface area (Å²) in [7, 11) is 0. The number of hydrogen-bond acceptors (Lipinski definition) is 7. The molecule has 8 nitrogen and oxygen atoms in total. The largest absolute Gasteiger partial charge is 0.342 e. The van der Waals surface area contributed by atoms with Gasteiger partial charge in [0.25, 0.3) is 5.91 Å². The number of aryl methyl sites for hydroxylation is 1. The van der Waals surface area contributed by atoms with E-state index in [1.54, 1.807) is 11.6 Å². The third-order valence-electron chi connectivity index (χ3n) is 4.62. The molecule has 2 heterocycles. The van der Waals surface area contributed by atoms with Crippen molar-refractivity contribution >= 4 is 40.0 Å². The quantitative estimate of drug-likeness (QED) is 0.471. The molecule has 0 bridgehead atoms. The topological polar surface area (TPSA) is 102 Å². The highest BCUT2D eigenvalue weighted by Crippen LogP contribution is 2.26. The first-order valence-corrected chi connectivity index (χ1v) is 11.9. The highest BCUT2D eigenvalue weighted by Gasteiger charge is 2.26. The minimum Gasteiger partial charge on any atom is -0.342 e. The molecule has 0 spiro atoms. The number of nitrogens with one attached hydrogen (secondary N) is 2. The van der Waals surface area contributed by atoms with Crippen LogP contribution in [-0.2, 0) is 11.3 Å². The fraction of sp³-hybridized carbons (Fsp3) is 0.381. The molecule has 3 aromatic rings. The van der Waals surface area contributed by atoms with Crippen LogP contribution in [0.2, 0.25) is 0 Å². The zero-order valence-corrected chi connectivity index (χ0v) is 19.6. The first-order chi connectivity index (χ1) is 14.9. The van der Waals surface area contributed by atoms with Gasteiger partial charge in [0.1, 0.15) is 0 Å². The number of anilines is 1. The standard InChI is InChI=1S/C21H26N6O2S2/c1-5-27-18(17(13(2)3)24-19(29)15-8-6-14(4)7-9-15)25-26-21(27)31-12-16(28)23-20-22-10-11-30-20/h6-11,13,17H,5,12H2,1-4H3,(H,24,29)(H,22,23,28)/t17-/m0/s1. The average molecular weight is 459 g/mol. The molecule has 164 valence electrons. The van der Waals surface area contributed by atoms with E-state index in [2.05, 4.69) is 25.8 Å². The summed E-state index contributed by atoms with van der Waals surface area (Å²) in [6, 6.07) is 7.16. The Morgan fingerprint density at radius 3 is 2.55 bits per heavy atom. The number of thioether (sulfide) groups is 1. The predicted octanol–water partition coefficient (Wildman–Crippen LogP) is 3.92. The number of thiazole rings is 1. The highest BCUT2D eigenvalue weighted by atomic mass is 32.2. The monoisotopic (exact) mass is 458 g/mol. The van der Waals surface area contributed by atoms with Crippen molar-refractivity contribution in [1.82, 2.24) is 25.1 Å². The Labute approximate surface area is 189 Å². The summed E-state index contributed by atoms with van der Waals surface area (Å²) in [6.07, 6.45) is 1.64. The van der Waals surface area contributed by atoms with Crippen LogP contribution in [0, 0.1) is 12.8 Å². The van der Waals surface area contributed by atoms with Crippen LogP contribution in [0.25, 0.3) is 0 Å². The van der Waals surface area contributed by atoms with Gasteiger partial charge in [-0.1, -0.05) is 43.3 Å². The summed E-state index contributed by atoms with van der Waals surface area (Å²) >= 11 is 2.68. The van der Waals surface area contributed by atoms with Gasteiger partial charge in [-0.2, -0.15) is 0 Å².